The van der Waals surface area contributed by atoms with E-state index in [9.17, 15) is 13.6 Å². The summed E-state index contributed by atoms with van der Waals surface area (Å²) in [5, 5.41) is 8.88. The van der Waals surface area contributed by atoms with Crippen LogP contribution in [0.4, 0.5) is 8.78 Å². The molecule has 0 aliphatic carbocycles. The molecule has 94 valence electrons. The Hall–Kier alpha value is -2.24. The zero-order valence-corrected chi connectivity index (χ0v) is 9.41. The molecule has 0 spiro atoms. The number of aromatic carboxylic acids is 1. The maximum Gasteiger partial charge on any atom is 0.373 e. The second-order valence-corrected chi connectivity index (χ2v) is 3.58. The molecule has 2 aromatic rings. The van der Waals surface area contributed by atoms with Crippen molar-refractivity contribution in [3.05, 3.63) is 41.3 Å². The van der Waals surface area contributed by atoms with Gasteiger partial charge >= 0.3 is 5.97 Å². The highest BCUT2D eigenvalue weighted by molar-refractivity contribution is 5.86. The van der Waals surface area contributed by atoms with E-state index in [0.29, 0.717) is 6.42 Å². The number of aryl methyl sites for hydroxylation is 1. The van der Waals surface area contributed by atoms with Crippen LogP contribution in [-0.4, -0.2) is 16.1 Å². The average molecular weight is 253 g/mol. The standard InChI is InChI=1S/C12H9F2NO3/c1-2-9-10(12(16)17)18-11(15-9)7-5-6(13)3-4-8(7)14/h3-5H,2H2,1H3,(H,16,17). The lowest BCUT2D eigenvalue weighted by Crippen LogP contribution is -1.98. The molecular formula is C12H9F2NO3. The van der Waals surface area contributed by atoms with Crippen molar-refractivity contribution in [2.24, 2.45) is 0 Å². The van der Waals surface area contributed by atoms with Crippen molar-refractivity contribution in [1.29, 1.82) is 0 Å². The fourth-order valence-corrected chi connectivity index (χ4v) is 1.54. The van der Waals surface area contributed by atoms with Gasteiger partial charge in [0.25, 0.3) is 0 Å². The highest BCUT2D eigenvalue weighted by Gasteiger charge is 2.21. The van der Waals surface area contributed by atoms with E-state index >= 15 is 0 Å². The van der Waals surface area contributed by atoms with Gasteiger partial charge in [0.2, 0.25) is 11.7 Å². The number of nitrogens with zero attached hydrogens (tertiary/aromatic N) is 1. The van der Waals surface area contributed by atoms with Gasteiger partial charge in [-0.2, -0.15) is 0 Å². The summed E-state index contributed by atoms with van der Waals surface area (Å²) in [7, 11) is 0. The molecule has 0 saturated carbocycles. The average Bonchev–Trinajstić information content (AvgIpc) is 2.76. The van der Waals surface area contributed by atoms with Crippen LogP contribution in [-0.2, 0) is 6.42 Å². The van der Waals surface area contributed by atoms with E-state index in [2.05, 4.69) is 4.98 Å². The molecule has 0 bridgehead atoms. The molecular weight excluding hydrogens is 244 g/mol. The molecule has 1 N–H and O–H groups in total. The summed E-state index contributed by atoms with van der Waals surface area (Å²) < 4.78 is 31.5. The number of carboxylic acid groups (broad SMARTS) is 1. The summed E-state index contributed by atoms with van der Waals surface area (Å²) >= 11 is 0. The molecule has 6 heteroatoms. The van der Waals surface area contributed by atoms with Crippen LogP contribution < -0.4 is 0 Å². The van der Waals surface area contributed by atoms with Gasteiger partial charge in [0.15, 0.2) is 0 Å². The molecule has 2 rings (SSSR count). The summed E-state index contributed by atoms with van der Waals surface area (Å²) in [5.74, 6) is -3.25. The van der Waals surface area contributed by atoms with E-state index in [1.807, 2.05) is 0 Å². The van der Waals surface area contributed by atoms with Crippen molar-refractivity contribution in [3.63, 3.8) is 0 Å². The van der Waals surface area contributed by atoms with Gasteiger partial charge in [0.05, 0.1) is 11.3 Å². The Morgan fingerprint density at radius 1 is 1.44 bits per heavy atom. The lowest BCUT2D eigenvalue weighted by molar-refractivity contribution is 0.0661. The number of hydrogen-bond donors (Lipinski definition) is 1. The van der Waals surface area contributed by atoms with Crippen LogP contribution >= 0.6 is 0 Å². The molecule has 0 unspecified atom stereocenters. The van der Waals surface area contributed by atoms with E-state index in [0.717, 1.165) is 18.2 Å². The largest absolute Gasteiger partial charge is 0.475 e. The molecule has 0 atom stereocenters. The minimum atomic E-state index is -1.29. The number of halogens is 2. The molecule has 0 aliphatic rings. The third-order valence-corrected chi connectivity index (χ3v) is 2.39. The van der Waals surface area contributed by atoms with E-state index in [1.54, 1.807) is 6.92 Å². The number of aromatic nitrogens is 1. The zero-order valence-electron chi connectivity index (χ0n) is 9.41. The highest BCUT2D eigenvalue weighted by Crippen LogP contribution is 2.25. The maximum atomic E-state index is 13.5. The van der Waals surface area contributed by atoms with Gasteiger partial charge < -0.3 is 9.52 Å². The fourth-order valence-electron chi connectivity index (χ4n) is 1.54. The third kappa shape index (κ3) is 2.09. The van der Waals surface area contributed by atoms with Crippen molar-refractivity contribution >= 4 is 5.97 Å². The summed E-state index contributed by atoms with van der Waals surface area (Å²) in [4.78, 5) is 14.7. The molecule has 4 nitrogen and oxygen atoms in total. The molecule has 0 fully saturated rings. The first-order valence-corrected chi connectivity index (χ1v) is 5.21. The Balaban J connectivity index is 2.57. The number of oxazole rings is 1. The van der Waals surface area contributed by atoms with Crippen LogP contribution in [0.25, 0.3) is 11.5 Å². The SMILES string of the molecule is CCc1nc(-c2cc(F)ccc2F)oc1C(=O)O. The normalized spacial score (nSPS) is 10.6. The van der Waals surface area contributed by atoms with Crippen molar-refractivity contribution in [2.75, 3.05) is 0 Å². The first kappa shape index (κ1) is 12.2. The Morgan fingerprint density at radius 3 is 2.72 bits per heavy atom. The smallest absolute Gasteiger partial charge is 0.373 e. The number of hydrogen-bond acceptors (Lipinski definition) is 3. The first-order valence-electron chi connectivity index (χ1n) is 5.21. The van der Waals surface area contributed by atoms with Crippen molar-refractivity contribution in [3.8, 4) is 11.5 Å². The quantitative estimate of drug-likeness (QED) is 0.913. The zero-order chi connectivity index (χ0) is 13.3. The molecule has 1 aromatic carbocycles. The Morgan fingerprint density at radius 2 is 2.17 bits per heavy atom. The van der Waals surface area contributed by atoms with Crippen LogP contribution in [0.1, 0.15) is 23.2 Å². The van der Waals surface area contributed by atoms with Crippen LogP contribution in [0.3, 0.4) is 0 Å². The number of carboxylic acids is 1. The molecule has 0 radical (unpaired) electrons. The van der Waals surface area contributed by atoms with Crippen molar-refractivity contribution in [2.45, 2.75) is 13.3 Å². The highest BCUT2D eigenvalue weighted by atomic mass is 19.1. The Kier molecular flexibility index (Phi) is 3.10. The predicted octanol–water partition coefficient (Wildman–Crippen LogP) is 2.88. The van der Waals surface area contributed by atoms with E-state index in [-0.39, 0.29) is 22.9 Å². The lowest BCUT2D eigenvalue weighted by Gasteiger charge is -1.97. The summed E-state index contributed by atoms with van der Waals surface area (Å²) in [6.45, 7) is 1.69. The minimum Gasteiger partial charge on any atom is -0.475 e. The van der Waals surface area contributed by atoms with Gasteiger partial charge in [-0.3, -0.25) is 0 Å². The molecule has 1 aromatic heterocycles. The maximum absolute atomic E-state index is 13.5. The minimum absolute atomic E-state index is 0.196. The third-order valence-electron chi connectivity index (χ3n) is 2.39. The first-order chi connectivity index (χ1) is 8.52. The van der Waals surface area contributed by atoms with Crippen molar-refractivity contribution < 1.29 is 23.1 Å². The van der Waals surface area contributed by atoms with Gasteiger partial charge in [-0.15, -0.1) is 0 Å². The number of benzene rings is 1. The van der Waals surface area contributed by atoms with E-state index in [1.165, 1.54) is 0 Å². The second kappa shape index (κ2) is 4.56. The van der Waals surface area contributed by atoms with Gasteiger partial charge in [0.1, 0.15) is 11.6 Å². The van der Waals surface area contributed by atoms with Crippen LogP contribution in [0.15, 0.2) is 22.6 Å². The molecule has 18 heavy (non-hydrogen) atoms. The van der Waals surface area contributed by atoms with E-state index in [4.69, 9.17) is 9.52 Å². The summed E-state index contributed by atoms with van der Waals surface area (Å²) in [6.07, 6.45) is 0.321. The predicted molar refractivity (Wildman–Crippen MR) is 58.2 cm³/mol. The summed E-state index contributed by atoms with van der Waals surface area (Å²) in [6, 6.07) is 2.80. The van der Waals surface area contributed by atoms with Crippen LogP contribution in [0.2, 0.25) is 0 Å². The Labute approximate surface area is 101 Å². The number of carbonyl (C=O) groups is 1. The monoisotopic (exact) mass is 253 g/mol. The van der Waals surface area contributed by atoms with Crippen molar-refractivity contribution in [1.82, 2.24) is 4.98 Å². The topological polar surface area (TPSA) is 63.3 Å². The molecule has 0 amide bonds. The Bertz CT molecular complexity index is 607. The lowest BCUT2D eigenvalue weighted by atomic mass is 10.2. The van der Waals surface area contributed by atoms with Gasteiger partial charge in [-0.05, 0) is 24.6 Å². The van der Waals surface area contributed by atoms with Gasteiger partial charge in [-0.25, -0.2) is 18.6 Å². The second-order valence-electron chi connectivity index (χ2n) is 3.58. The molecule has 0 saturated heterocycles. The molecule has 1 heterocycles. The van der Waals surface area contributed by atoms with Crippen LogP contribution in [0.5, 0.6) is 0 Å². The number of rotatable bonds is 3. The van der Waals surface area contributed by atoms with Gasteiger partial charge in [-0.1, -0.05) is 6.92 Å². The van der Waals surface area contributed by atoms with Crippen LogP contribution in [0, 0.1) is 11.6 Å². The van der Waals surface area contributed by atoms with Gasteiger partial charge in [0, 0.05) is 0 Å². The fraction of sp³-hybridized carbons (Fsp3) is 0.167. The molecule has 0 aliphatic heterocycles. The van der Waals surface area contributed by atoms with E-state index < -0.39 is 17.6 Å². The summed E-state index contributed by atoms with van der Waals surface area (Å²) in [5.41, 5.74) is -0.00152.